The lowest BCUT2D eigenvalue weighted by Crippen LogP contribution is -2.35. The lowest BCUT2D eigenvalue weighted by molar-refractivity contribution is -0.143. The van der Waals surface area contributed by atoms with E-state index >= 15 is 0 Å². The van der Waals surface area contributed by atoms with Gasteiger partial charge < -0.3 is 4.90 Å². The van der Waals surface area contributed by atoms with Crippen LogP contribution in [-0.4, -0.2) is 32.1 Å². The first-order chi connectivity index (χ1) is 7.59. The maximum Gasteiger partial charge on any atom is 0.391 e. The Bertz CT molecular complexity index is 440. The monoisotopic (exact) mass is 270 g/mol. The molecular weight excluding hydrogens is 257 g/mol. The van der Waals surface area contributed by atoms with Crippen molar-refractivity contribution in [3.63, 3.8) is 0 Å². The van der Waals surface area contributed by atoms with Gasteiger partial charge in [0.15, 0.2) is 0 Å². The predicted molar refractivity (Wildman–Crippen MR) is 57.2 cm³/mol. The van der Waals surface area contributed by atoms with Crippen LogP contribution in [0.5, 0.6) is 0 Å². The summed E-state index contributed by atoms with van der Waals surface area (Å²) in [6, 6.07) is -0.836. The second-order valence-corrected chi connectivity index (χ2v) is 5.41. The van der Waals surface area contributed by atoms with Gasteiger partial charge in [0.1, 0.15) is 0 Å². The summed E-state index contributed by atoms with van der Waals surface area (Å²) in [6.45, 7) is 1.61. The summed E-state index contributed by atoms with van der Waals surface area (Å²) in [6.07, 6.45) is -1.39. The van der Waals surface area contributed by atoms with Crippen molar-refractivity contribution in [3.05, 3.63) is 23.3 Å². The lowest BCUT2D eigenvalue weighted by Gasteiger charge is -2.29. The summed E-state index contributed by atoms with van der Waals surface area (Å²) < 4.78 is 58.6. The third kappa shape index (κ3) is 4.39. The molecule has 0 fully saturated rings. The normalized spacial score (nSPS) is 19.1. The average Bonchev–Trinajstić information content (AvgIpc) is 2.14. The van der Waals surface area contributed by atoms with Crippen LogP contribution in [0.4, 0.5) is 13.2 Å². The van der Waals surface area contributed by atoms with Gasteiger partial charge in [-0.1, -0.05) is 6.08 Å². The van der Waals surface area contributed by atoms with Gasteiger partial charge in [-0.25, -0.2) is 13.6 Å². The zero-order valence-electron chi connectivity index (χ0n) is 9.11. The zero-order chi connectivity index (χ0) is 13.3. The first-order valence-electron chi connectivity index (χ1n) is 4.83. The van der Waals surface area contributed by atoms with Crippen LogP contribution in [0.15, 0.2) is 23.3 Å². The molecule has 0 amide bonds. The topological polar surface area (TPSA) is 63.4 Å². The highest BCUT2D eigenvalue weighted by Crippen LogP contribution is 2.25. The maximum absolute atomic E-state index is 12.2. The summed E-state index contributed by atoms with van der Waals surface area (Å²) in [7, 11) is -3.88. The van der Waals surface area contributed by atoms with E-state index in [4.69, 9.17) is 5.14 Å². The van der Waals surface area contributed by atoms with Crippen LogP contribution < -0.4 is 5.14 Å². The molecule has 1 aliphatic heterocycles. The Labute approximate surface area is 97.6 Å². The van der Waals surface area contributed by atoms with Crippen LogP contribution in [0.3, 0.4) is 0 Å². The van der Waals surface area contributed by atoms with E-state index in [0.29, 0.717) is 0 Å². The van der Waals surface area contributed by atoms with Crippen molar-refractivity contribution < 1.29 is 21.6 Å². The molecule has 0 saturated carbocycles. The van der Waals surface area contributed by atoms with Crippen LogP contribution in [0, 0.1) is 0 Å². The highest BCUT2D eigenvalue weighted by atomic mass is 32.2. The van der Waals surface area contributed by atoms with Gasteiger partial charge in [0.25, 0.3) is 0 Å². The Morgan fingerprint density at radius 2 is 2.12 bits per heavy atom. The molecule has 0 saturated heterocycles. The Kier molecular flexibility index (Phi) is 3.88. The quantitative estimate of drug-likeness (QED) is 0.841. The second kappa shape index (κ2) is 4.69. The summed E-state index contributed by atoms with van der Waals surface area (Å²) in [5.41, 5.74) is 0. The maximum atomic E-state index is 12.2. The number of allylic oxidation sites excluding steroid dienone is 1. The summed E-state index contributed by atoms with van der Waals surface area (Å²) in [5.74, 6) is 0. The van der Waals surface area contributed by atoms with Crippen LogP contribution in [0.25, 0.3) is 0 Å². The van der Waals surface area contributed by atoms with E-state index in [9.17, 15) is 21.6 Å². The molecule has 0 spiro atoms. The van der Waals surface area contributed by atoms with E-state index < -0.39 is 28.7 Å². The number of alkyl halides is 3. The van der Waals surface area contributed by atoms with E-state index in [1.165, 1.54) is 24.0 Å². The molecule has 0 aliphatic carbocycles. The SMILES string of the molecule is CC(CC(F)(F)F)N1C=C(S(N)(=O)=O)C=CC1. The average molecular weight is 270 g/mol. The fraction of sp³-hybridized carbons (Fsp3) is 0.556. The van der Waals surface area contributed by atoms with Gasteiger partial charge in [-0.05, 0) is 13.0 Å². The standard InChI is InChI=1S/C9H13F3N2O2S/c1-7(5-9(10,11)12)14-4-2-3-8(6-14)17(13,15)16/h2-3,6-7H,4-5H2,1H3,(H2,13,15,16). The second-order valence-electron chi connectivity index (χ2n) is 3.84. The lowest BCUT2D eigenvalue weighted by atomic mass is 10.2. The van der Waals surface area contributed by atoms with E-state index in [2.05, 4.69) is 0 Å². The van der Waals surface area contributed by atoms with Gasteiger partial charge in [-0.15, -0.1) is 0 Å². The first-order valence-corrected chi connectivity index (χ1v) is 6.38. The van der Waals surface area contributed by atoms with E-state index in [-0.39, 0.29) is 11.4 Å². The molecular formula is C9H13F3N2O2S. The van der Waals surface area contributed by atoms with Crippen molar-refractivity contribution in [2.45, 2.75) is 25.6 Å². The summed E-state index contributed by atoms with van der Waals surface area (Å²) >= 11 is 0. The molecule has 1 heterocycles. The Hall–Kier alpha value is -1.02. The van der Waals surface area contributed by atoms with Crippen molar-refractivity contribution in [2.24, 2.45) is 5.14 Å². The number of nitrogens with zero attached hydrogens (tertiary/aromatic N) is 1. The fourth-order valence-corrected chi connectivity index (χ4v) is 2.05. The first kappa shape index (κ1) is 14.0. The number of primary sulfonamides is 1. The Morgan fingerprint density at radius 3 is 2.59 bits per heavy atom. The molecule has 0 radical (unpaired) electrons. The minimum absolute atomic E-state index is 0.183. The fourth-order valence-electron chi connectivity index (χ4n) is 1.48. The van der Waals surface area contributed by atoms with Crippen molar-refractivity contribution in [2.75, 3.05) is 6.54 Å². The minimum Gasteiger partial charge on any atom is -0.369 e. The molecule has 2 N–H and O–H groups in total. The predicted octanol–water partition coefficient (Wildman–Crippen LogP) is 1.33. The van der Waals surface area contributed by atoms with E-state index in [1.807, 2.05) is 0 Å². The van der Waals surface area contributed by atoms with Crippen LogP contribution >= 0.6 is 0 Å². The number of halogens is 3. The molecule has 8 heteroatoms. The smallest absolute Gasteiger partial charge is 0.369 e. The van der Waals surface area contributed by atoms with Gasteiger partial charge >= 0.3 is 6.18 Å². The van der Waals surface area contributed by atoms with Gasteiger partial charge in [0.2, 0.25) is 10.0 Å². The van der Waals surface area contributed by atoms with Crippen LogP contribution in [0.2, 0.25) is 0 Å². The number of nitrogens with two attached hydrogens (primary N) is 1. The van der Waals surface area contributed by atoms with Gasteiger partial charge in [-0.2, -0.15) is 13.2 Å². The highest BCUT2D eigenvalue weighted by Gasteiger charge is 2.32. The zero-order valence-corrected chi connectivity index (χ0v) is 9.92. The van der Waals surface area contributed by atoms with Crippen molar-refractivity contribution in [1.29, 1.82) is 0 Å². The number of rotatable bonds is 3. The third-order valence-corrected chi connectivity index (χ3v) is 3.21. The minimum atomic E-state index is -4.28. The van der Waals surface area contributed by atoms with Gasteiger partial charge in [0, 0.05) is 18.8 Å². The molecule has 0 aromatic rings. The third-order valence-electron chi connectivity index (χ3n) is 2.31. The molecule has 17 heavy (non-hydrogen) atoms. The molecule has 1 atom stereocenters. The highest BCUT2D eigenvalue weighted by molar-refractivity contribution is 7.93. The van der Waals surface area contributed by atoms with Crippen LogP contribution in [-0.2, 0) is 10.0 Å². The molecule has 4 nitrogen and oxygen atoms in total. The van der Waals surface area contributed by atoms with Crippen molar-refractivity contribution in [3.8, 4) is 0 Å². The number of sulfonamides is 1. The van der Waals surface area contributed by atoms with Crippen LogP contribution in [0.1, 0.15) is 13.3 Å². The molecule has 1 aliphatic rings. The molecule has 1 rings (SSSR count). The number of hydrogen-bond donors (Lipinski definition) is 1. The van der Waals surface area contributed by atoms with Gasteiger partial charge in [0.05, 0.1) is 11.3 Å². The van der Waals surface area contributed by atoms with E-state index in [0.717, 1.165) is 6.20 Å². The largest absolute Gasteiger partial charge is 0.391 e. The Balaban J connectivity index is 2.82. The molecule has 0 aromatic heterocycles. The van der Waals surface area contributed by atoms with E-state index in [1.54, 1.807) is 0 Å². The molecule has 1 unspecified atom stereocenters. The van der Waals surface area contributed by atoms with Crippen molar-refractivity contribution in [1.82, 2.24) is 4.90 Å². The summed E-state index contributed by atoms with van der Waals surface area (Å²) in [5, 5.41) is 4.90. The Morgan fingerprint density at radius 1 is 1.53 bits per heavy atom. The molecule has 0 bridgehead atoms. The van der Waals surface area contributed by atoms with Crippen molar-refractivity contribution >= 4 is 10.0 Å². The van der Waals surface area contributed by atoms with Gasteiger partial charge in [-0.3, -0.25) is 0 Å². The molecule has 0 aromatic carbocycles. The summed E-state index contributed by atoms with van der Waals surface area (Å²) in [4.78, 5) is 1.12. The number of hydrogen-bond acceptors (Lipinski definition) is 3. The molecule has 98 valence electrons.